The first-order valence-electron chi connectivity index (χ1n) is 14.8. The van der Waals surface area contributed by atoms with Gasteiger partial charge in [0.15, 0.2) is 15.4 Å². The SMILES string of the molecule is CCCCCCCCCCCCCCC(=O)NC(=S)Nc1nc(C)c(C(/C=C/c2ccc([N+](=O)[O-])cc2)=N/NC(N)=S)s1. The van der Waals surface area contributed by atoms with E-state index in [2.05, 4.69) is 33.1 Å². The Morgan fingerprint density at radius 1 is 1.02 bits per heavy atom. The molecule has 13 heteroatoms. The summed E-state index contributed by atoms with van der Waals surface area (Å²) in [4.78, 5) is 28.1. The number of thiocarbonyl (C=S) groups is 2. The molecule has 10 nitrogen and oxygen atoms in total. The maximum absolute atomic E-state index is 12.4. The lowest BCUT2D eigenvalue weighted by atomic mass is 10.0. The number of hydrogen-bond acceptors (Lipinski definition) is 8. The maximum Gasteiger partial charge on any atom is 0.269 e. The van der Waals surface area contributed by atoms with Crippen molar-refractivity contribution in [1.29, 1.82) is 0 Å². The molecule has 43 heavy (non-hydrogen) atoms. The summed E-state index contributed by atoms with van der Waals surface area (Å²) >= 11 is 11.5. The van der Waals surface area contributed by atoms with E-state index in [1.165, 1.54) is 81.3 Å². The van der Waals surface area contributed by atoms with Crippen LogP contribution in [-0.4, -0.2) is 31.8 Å². The summed E-state index contributed by atoms with van der Waals surface area (Å²) in [6.07, 6.45) is 18.8. The predicted octanol–water partition coefficient (Wildman–Crippen LogP) is 7.51. The van der Waals surface area contributed by atoms with Crippen molar-refractivity contribution in [1.82, 2.24) is 15.7 Å². The molecular formula is C30H43N7O3S3. The van der Waals surface area contributed by atoms with Crippen molar-refractivity contribution in [2.24, 2.45) is 10.8 Å². The molecule has 0 saturated heterocycles. The molecule has 1 aromatic heterocycles. The molecule has 0 saturated carbocycles. The number of hydrogen-bond donors (Lipinski definition) is 4. The third-order valence-corrected chi connectivity index (χ3v) is 7.97. The first kappa shape index (κ1) is 35.9. The van der Waals surface area contributed by atoms with Crippen LogP contribution < -0.4 is 21.8 Å². The Balaban J connectivity index is 1.81. The third-order valence-electron chi connectivity index (χ3n) is 6.58. The van der Waals surface area contributed by atoms with Gasteiger partial charge in [-0.25, -0.2) is 4.98 Å². The standard InChI is InChI=1S/C30H43N7O3S3/c1-3-4-5-6-7-8-9-10-11-12-13-14-15-26(38)33-29(42)34-30-32-22(2)27(43-30)25(35-36-28(31)41)21-18-23-16-19-24(20-17-23)37(39)40/h16-21H,3-15H2,1-2H3,(H3,31,36,41)(H2,32,33,34,38,42)/b21-18+,35-25+. The summed E-state index contributed by atoms with van der Waals surface area (Å²) in [5, 5.41) is 21.6. The molecule has 0 atom stereocenters. The van der Waals surface area contributed by atoms with Crippen LogP contribution in [-0.2, 0) is 4.79 Å². The predicted molar refractivity (Wildman–Crippen MR) is 185 cm³/mol. The summed E-state index contributed by atoms with van der Waals surface area (Å²) in [6, 6.07) is 6.13. The van der Waals surface area contributed by atoms with Crippen LogP contribution in [0, 0.1) is 17.0 Å². The molecule has 234 valence electrons. The number of carbonyl (C=O) groups is 1. The zero-order chi connectivity index (χ0) is 31.5. The Labute approximate surface area is 269 Å². The fraction of sp³-hybridized carbons (Fsp3) is 0.500. The second-order valence-electron chi connectivity index (χ2n) is 10.2. The van der Waals surface area contributed by atoms with Gasteiger partial charge >= 0.3 is 0 Å². The maximum atomic E-state index is 12.4. The van der Waals surface area contributed by atoms with Gasteiger partial charge in [0.25, 0.3) is 5.69 Å². The number of nitrogens with two attached hydrogens (primary N) is 1. The van der Waals surface area contributed by atoms with Crippen LogP contribution in [0.4, 0.5) is 10.8 Å². The Kier molecular flexibility index (Phi) is 17.2. The number of nitrogens with one attached hydrogen (secondary N) is 3. The van der Waals surface area contributed by atoms with Gasteiger partial charge in [0, 0.05) is 18.6 Å². The van der Waals surface area contributed by atoms with Crippen molar-refractivity contribution in [2.45, 2.75) is 97.3 Å². The van der Waals surface area contributed by atoms with Gasteiger partial charge in [0.2, 0.25) is 5.91 Å². The van der Waals surface area contributed by atoms with Crippen molar-refractivity contribution in [2.75, 3.05) is 5.32 Å². The van der Waals surface area contributed by atoms with Gasteiger partial charge in [0.05, 0.1) is 15.5 Å². The van der Waals surface area contributed by atoms with E-state index in [4.69, 9.17) is 30.2 Å². The van der Waals surface area contributed by atoms with Gasteiger partial charge in [-0.05, 0) is 61.6 Å². The first-order chi connectivity index (χ1) is 20.7. The number of amides is 1. The minimum atomic E-state index is -0.450. The van der Waals surface area contributed by atoms with E-state index >= 15 is 0 Å². The minimum Gasteiger partial charge on any atom is -0.375 e. The number of nitro groups is 1. The van der Waals surface area contributed by atoms with E-state index in [9.17, 15) is 14.9 Å². The van der Waals surface area contributed by atoms with Crippen molar-refractivity contribution >= 4 is 74.5 Å². The number of allylic oxidation sites excluding steroid dienone is 1. The van der Waals surface area contributed by atoms with E-state index in [-0.39, 0.29) is 21.8 Å². The summed E-state index contributed by atoms with van der Waals surface area (Å²) in [7, 11) is 0. The summed E-state index contributed by atoms with van der Waals surface area (Å²) in [5.74, 6) is -0.118. The van der Waals surface area contributed by atoms with Gasteiger partial charge in [-0.15, -0.1) is 0 Å². The van der Waals surface area contributed by atoms with E-state index in [0.29, 0.717) is 23.0 Å². The number of thiazole rings is 1. The van der Waals surface area contributed by atoms with Crippen LogP contribution in [0.1, 0.15) is 107 Å². The number of nitrogens with zero attached hydrogens (tertiary/aromatic N) is 3. The molecule has 0 bridgehead atoms. The molecular weight excluding hydrogens is 603 g/mol. The lowest BCUT2D eigenvalue weighted by molar-refractivity contribution is -0.384. The number of anilines is 1. The van der Waals surface area contributed by atoms with Gasteiger partial charge in [-0.2, -0.15) is 5.10 Å². The monoisotopic (exact) mass is 645 g/mol. The van der Waals surface area contributed by atoms with Crippen LogP contribution in [0.2, 0.25) is 0 Å². The number of non-ortho nitro benzene ring substituents is 1. The minimum absolute atomic E-state index is 0.00110. The molecule has 0 aliphatic rings. The van der Waals surface area contributed by atoms with Gasteiger partial charge in [0.1, 0.15) is 5.71 Å². The normalized spacial score (nSPS) is 11.4. The van der Waals surface area contributed by atoms with Gasteiger partial charge in [-0.1, -0.05) is 95.0 Å². The number of aromatic nitrogens is 1. The fourth-order valence-corrected chi connectivity index (χ4v) is 5.55. The molecule has 0 aliphatic heterocycles. The van der Waals surface area contributed by atoms with E-state index in [1.54, 1.807) is 24.3 Å². The second kappa shape index (κ2) is 20.6. The molecule has 1 amide bonds. The van der Waals surface area contributed by atoms with Crippen molar-refractivity contribution < 1.29 is 9.72 Å². The highest BCUT2D eigenvalue weighted by atomic mass is 32.1. The molecule has 2 aromatic rings. The Hall–Kier alpha value is -3.29. The number of nitro benzene ring substituents is 1. The topological polar surface area (TPSA) is 148 Å². The number of benzene rings is 1. The van der Waals surface area contributed by atoms with Crippen molar-refractivity contribution in [3.63, 3.8) is 0 Å². The molecule has 1 aromatic carbocycles. The number of unbranched alkanes of at least 4 members (excludes halogenated alkanes) is 11. The quantitative estimate of drug-likeness (QED) is 0.0400. The zero-order valence-electron chi connectivity index (χ0n) is 25.0. The van der Waals surface area contributed by atoms with E-state index in [1.807, 2.05) is 6.92 Å². The summed E-state index contributed by atoms with van der Waals surface area (Å²) in [5.41, 5.74) is 10.1. The second-order valence-corrected chi connectivity index (χ2v) is 12.1. The Morgan fingerprint density at radius 2 is 1.60 bits per heavy atom. The summed E-state index contributed by atoms with van der Waals surface area (Å²) in [6.45, 7) is 4.07. The lowest BCUT2D eigenvalue weighted by Gasteiger charge is -2.07. The highest BCUT2D eigenvalue weighted by molar-refractivity contribution is 7.80. The van der Waals surface area contributed by atoms with Crippen molar-refractivity contribution in [3.05, 3.63) is 56.6 Å². The highest BCUT2D eigenvalue weighted by Gasteiger charge is 2.14. The Bertz CT molecular complexity index is 1260. The molecule has 0 spiro atoms. The largest absolute Gasteiger partial charge is 0.375 e. The van der Waals surface area contributed by atoms with Crippen LogP contribution in [0.15, 0.2) is 35.4 Å². The molecule has 5 N–H and O–H groups in total. The number of aryl methyl sites for hydroxylation is 1. The van der Waals surface area contributed by atoms with Crippen LogP contribution >= 0.6 is 35.8 Å². The average molecular weight is 646 g/mol. The van der Waals surface area contributed by atoms with Gasteiger partial charge in [-0.3, -0.25) is 20.3 Å². The number of carbonyl (C=O) groups excluding carboxylic acids is 1. The molecule has 0 unspecified atom stereocenters. The van der Waals surface area contributed by atoms with Crippen LogP contribution in [0.25, 0.3) is 6.08 Å². The third kappa shape index (κ3) is 15.1. The van der Waals surface area contributed by atoms with E-state index in [0.717, 1.165) is 29.7 Å². The molecule has 1 heterocycles. The van der Waals surface area contributed by atoms with E-state index < -0.39 is 4.92 Å². The number of hydrazone groups is 1. The molecule has 0 aliphatic carbocycles. The molecule has 0 radical (unpaired) electrons. The smallest absolute Gasteiger partial charge is 0.269 e. The van der Waals surface area contributed by atoms with Crippen molar-refractivity contribution in [3.8, 4) is 0 Å². The van der Waals surface area contributed by atoms with Gasteiger partial charge < -0.3 is 16.4 Å². The lowest BCUT2D eigenvalue weighted by Crippen LogP contribution is -2.33. The molecule has 2 rings (SSSR count). The Morgan fingerprint density at radius 3 is 2.16 bits per heavy atom. The summed E-state index contributed by atoms with van der Waals surface area (Å²) < 4.78 is 0. The highest BCUT2D eigenvalue weighted by Crippen LogP contribution is 2.24. The fourth-order valence-electron chi connectivity index (χ4n) is 4.29. The van der Waals surface area contributed by atoms with Crippen LogP contribution in [0.5, 0.6) is 0 Å². The zero-order valence-corrected chi connectivity index (χ0v) is 27.5. The van der Waals surface area contributed by atoms with Crippen LogP contribution in [0.3, 0.4) is 0 Å². The molecule has 0 fully saturated rings. The first-order valence-corrected chi connectivity index (χ1v) is 16.5. The number of rotatable bonds is 19. The average Bonchev–Trinajstić information content (AvgIpc) is 3.32.